The number of fused-ring (bicyclic) bond motifs is 2. The number of amides is 2. The summed E-state index contributed by atoms with van der Waals surface area (Å²) in [5.74, 6) is 0.885. The lowest BCUT2D eigenvalue weighted by Crippen LogP contribution is -2.32. The van der Waals surface area contributed by atoms with Crippen LogP contribution in [0.4, 0.5) is 11.4 Å². The van der Waals surface area contributed by atoms with Gasteiger partial charge in [-0.15, -0.1) is 0 Å². The Kier molecular flexibility index (Phi) is 3.57. The molecule has 0 bridgehead atoms. The fourth-order valence-corrected chi connectivity index (χ4v) is 2.90. The van der Waals surface area contributed by atoms with Crippen LogP contribution in [0.1, 0.15) is 5.56 Å². The SMILES string of the molecule is O=C1COc2ccc(NC(=O)C3COc4ccccc4C3)cc2N1. The van der Waals surface area contributed by atoms with Crippen LogP contribution < -0.4 is 20.1 Å². The van der Waals surface area contributed by atoms with E-state index in [-0.39, 0.29) is 24.3 Å². The molecule has 1 atom stereocenters. The second-order valence-electron chi connectivity index (χ2n) is 5.86. The second-order valence-corrected chi connectivity index (χ2v) is 5.86. The maximum absolute atomic E-state index is 12.5. The van der Waals surface area contributed by atoms with Crippen LogP contribution in [-0.4, -0.2) is 25.0 Å². The van der Waals surface area contributed by atoms with Crippen molar-refractivity contribution in [3.05, 3.63) is 48.0 Å². The van der Waals surface area contributed by atoms with E-state index in [1.807, 2.05) is 24.3 Å². The number of para-hydroxylation sites is 1. The van der Waals surface area contributed by atoms with Gasteiger partial charge in [-0.1, -0.05) is 18.2 Å². The first kappa shape index (κ1) is 14.6. The van der Waals surface area contributed by atoms with Crippen molar-refractivity contribution >= 4 is 23.2 Å². The highest BCUT2D eigenvalue weighted by atomic mass is 16.5. The highest BCUT2D eigenvalue weighted by Crippen LogP contribution is 2.31. The maximum atomic E-state index is 12.5. The standard InChI is InChI=1S/C18H16N2O4/c21-17-10-24-16-6-5-13(8-14(16)20-17)19-18(22)12-7-11-3-1-2-4-15(11)23-9-12/h1-6,8,12H,7,9-10H2,(H,19,22)(H,20,21). The van der Waals surface area contributed by atoms with E-state index < -0.39 is 0 Å². The topological polar surface area (TPSA) is 76.7 Å². The molecule has 0 spiro atoms. The van der Waals surface area contributed by atoms with Crippen molar-refractivity contribution in [2.45, 2.75) is 6.42 Å². The molecule has 0 saturated heterocycles. The Bertz CT molecular complexity index is 818. The summed E-state index contributed by atoms with van der Waals surface area (Å²) in [5.41, 5.74) is 2.22. The summed E-state index contributed by atoms with van der Waals surface area (Å²) in [4.78, 5) is 23.9. The molecule has 2 aliphatic rings. The van der Waals surface area contributed by atoms with E-state index in [9.17, 15) is 9.59 Å². The van der Waals surface area contributed by atoms with Crippen LogP contribution in [-0.2, 0) is 16.0 Å². The summed E-state index contributed by atoms with van der Waals surface area (Å²) in [6.45, 7) is 0.366. The molecule has 122 valence electrons. The zero-order chi connectivity index (χ0) is 16.5. The Morgan fingerprint density at radius 2 is 2.00 bits per heavy atom. The number of carbonyl (C=O) groups excluding carboxylic acids is 2. The average molecular weight is 324 g/mol. The molecule has 6 heteroatoms. The fourth-order valence-electron chi connectivity index (χ4n) is 2.90. The fraction of sp³-hybridized carbons (Fsp3) is 0.222. The normalized spacial score (nSPS) is 18.3. The van der Waals surface area contributed by atoms with Gasteiger partial charge in [-0.25, -0.2) is 0 Å². The van der Waals surface area contributed by atoms with Crippen molar-refractivity contribution in [3.63, 3.8) is 0 Å². The molecular weight excluding hydrogens is 308 g/mol. The van der Waals surface area contributed by atoms with Gasteiger partial charge in [-0.3, -0.25) is 9.59 Å². The molecule has 0 saturated carbocycles. The van der Waals surface area contributed by atoms with Crippen LogP contribution in [0, 0.1) is 5.92 Å². The summed E-state index contributed by atoms with van der Waals surface area (Å²) in [7, 11) is 0. The van der Waals surface area contributed by atoms with E-state index in [1.54, 1.807) is 18.2 Å². The van der Waals surface area contributed by atoms with E-state index in [2.05, 4.69) is 10.6 Å². The predicted octanol–water partition coefficient (Wildman–Crippen LogP) is 2.21. The summed E-state index contributed by atoms with van der Waals surface area (Å²) < 4.78 is 11.0. The van der Waals surface area contributed by atoms with Gasteiger partial charge in [0.1, 0.15) is 18.1 Å². The number of anilines is 2. The minimum Gasteiger partial charge on any atom is -0.492 e. The third-order valence-corrected chi connectivity index (χ3v) is 4.13. The minimum atomic E-state index is -0.248. The summed E-state index contributed by atoms with van der Waals surface area (Å²) in [6, 6.07) is 12.9. The summed E-state index contributed by atoms with van der Waals surface area (Å²) >= 11 is 0. The quantitative estimate of drug-likeness (QED) is 0.888. The van der Waals surface area contributed by atoms with Crippen LogP contribution in [0.2, 0.25) is 0 Å². The molecule has 0 radical (unpaired) electrons. The van der Waals surface area contributed by atoms with Crippen molar-refractivity contribution in [1.82, 2.24) is 0 Å². The molecule has 0 fully saturated rings. The zero-order valence-electron chi connectivity index (χ0n) is 12.9. The van der Waals surface area contributed by atoms with Crippen LogP contribution in [0.25, 0.3) is 0 Å². The Morgan fingerprint density at radius 1 is 1.12 bits per heavy atom. The highest BCUT2D eigenvalue weighted by molar-refractivity contribution is 5.98. The molecule has 4 rings (SSSR count). The van der Waals surface area contributed by atoms with Gasteiger partial charge in [0.05, 0.1) is 11.6 Å². The van der Waals surface area contributed by atoms with E-state index in [0.29, 0.717) is 30.2 Å². The Labute approximate surface area is 138 Å². The van der Waals surface area contributed by atoms with Crippen LogP contribution in [0.15, 0.2) is 42.5 Å². The minimum absolute atomic E-state index is 0.0114. The average Bonchev–Trinajstić information content (AvgIpc) is 2.61. The largest absolute Gasteiger partial charge is 0.492 e. The molecule has 2 N–H and O–H groups in total. The second kappa shape index (κ2) is 5.88. The van der Waals surface area contributed by atoms with Gasteiger partial charge in [-0.05, 0) is 36.2 Å². The number of carbonyl (C=O) groups is 2. The molecule has 2 heterocycles. The zero-order valence-corrected chi connectivity index (χ0v) is 12.9. The van der Waals surface area contributed by atoms with Crippen molar-refractivity contribution in [1.29, 1.82) is 0 Å². The molecule has 2 amide bonds. The number of rotatable bonds is 2. The molecular formula is C18H16N2O4. The number of nitrogens with one attached hydrogen (secondary N) is 2. The van der Waals surface area contributed by atoms with Gasteiger partial charge in [0.25, 0.3) is 5.91 Å². The number of hydrogen-bond donors (Lipinski definition) is 2. The van der Waals surface area contributed by atoms with E-state index in [1.165, 1.54) is 0 Å². The van der Waals surface area contributed by atoms with Crippen LogP contribution in [0.3, 0.4) is 0 Å². The van der Waals surface area contributed by atoms with E-state index >= 15 is 0 Å². The van der Waals surface area contributed by atoms with E-state index in [0.717, 1.165) is 11.3 Å². The van der Waals surface area contributed by atoms with Crippen LogP contribution >= 0.6 is 0 Å². The smallest absolute Gasteiger partial charge is 0.262 e. The highest BCUT2D eigenvalue weighted by Gasteiger charge is 2.26. The van der Waals surface area contributed by atoms with Gasteiger partial charge in [-0.2, -0.15) is 0 Å². The maximum Gasteiger partial charge on any atom is 0.262 e. The predicted molar refractivity (Wildman–Crippen MR) is 88.3 cm³/mol. The number of benzene rings is 2. The Morgan fingerprint density at radius 3 is 2.92 bits per heavy atom. The van der Waals surface area contributed by atoms with Crippen molar-refractivity contribution in [3.8, 4) is 11.5 Å². The first-order chi connectivity index (χ1) is 11.7. The first-order valence-electron chi connectivity index (χ1n) is 7.77. The summed E-state index contributed by atoms with van der Waals surface area (Å²) in [6.07, 6.45) is 0.646. The van der Waals surface area contributed by atoms with Crippen LogP contribution in [0.5, 0.6) is 11.5 Å². The molecule has 0 aliphatic carbocycles. The third-order valence-electron chi connectivity index (χ3n) is 4.13. The lowest BCUT2D eigenvalue weighted by molar-refractivity contribution is -0.121. The summed E-state index contributed by atoms with van der Waals surface area (Å²) in [5, 5.41) is 5.61. The molecule has 2 aliphatic heterocycles. The molecule has 0 aromatic heterocycles. The van der Waals surface area contributed by atoms with Gasteiger partial charge in [0.2, 0.25) is 5.91 Å². The molecule has 2 aromatic rings. The van der Waals surface area contributed by atoms with Gasteiger partial charge >= 0.3 is 0 Å². The Hall–Kier alpha value is -3.02. The first-order valence-corrected chi connectivity index (χ1v) is 7.77. The molecule has 24 heavy (non-hydrogen) atoms. The number of hydrogen-bond acceptors (Lipinski definition) is 4. The lowest BCUT2D eigenvalue weighted by Gasteiger charge is -2.25. The third kappa shape index (κ3) is 2.78. The van der Waals surface area contributed by atoms with Gasteiger partial charge in [0, 0.05) is 5.69 Å². The molecule has 6 nitrogen and oxygen atoms in total. The Balaban J connectivity index is 1.47. The van der Waals surface area contributed by atoms with E-state index in [4.69, 9.17) is 9.47 Å². The monoisotopic (exact) mass is 324 g/mol. The van der Waals surface area contributed by atoms with Gasteiger partial charge < -0.3 is 20.1 Å². The van der Waals surface area contributed by atoms with Crippen molar-refractivity contribution < 1.29 is 19.1 Å². The van der Waals surface area contributed by atoms with Gasteiger partial charge in [0.15, 0.2) is 6.61 Å². The van der Waals surface area contributed by atoms with Crippen molar-refractivity contribution in [2.24, 2.45) is 5.92 Å². The number of ether oxygens (including phenoxy) is 2. The lowest BCUT2D eigenvalue weighted by atomic mass is 9.96. The molecule has 2 aromatic carbocycles. The van der Waals surface area contributed by atoms with Crippen molar-refractivity contribution in [2.75, 3.05) is 23.8 Å². The molecule has 1 unspecified atom stereocenters.